The molecule has 4 nitrogen and oxygen atoms in total. The first-order valence-corrected chi connectivity index (χ1v) is 7.89. The minimum absolute atomic E-state index is 0.598. The molecule has 0 bridgehead atoms. The molecule has 1 unspecified atom stereocenters. The van der Waals surface area contributed by atoms with Crippen LogP contribution >= 0.6 is 11.3 Å². The number of fused-ring (bicyclic) bond motifs is 1. The molecule has 2 heterocycles. The lowest BCUT2D eigenvalue weighted by atomic mass is 9.98. The highest BCUT2D eigenvalue weighted by Crippen LogP contribution is 2.34. The van der Waals surface area contributed by atoms with E-state index in [9.17, 15) is 0 Å². The molecule has 1 aliphatic rings. The first kappa shape index (κ1) is 13.6. The third-order valence-corrected chi connectivity index (χ3v) is 4.84. The van der Waals surface area contributed by atoms with E-state index in [1.54, 1.807) is 18.4 Å². The van der Waals surface area contributed by atoms with Crippen molar-refractivity contribution >= 4 is 32.9 Å². The largest absolute Gasteiger partial charge is 0.397 e. The molecule has 108 valence electrons. The number of methoxy groups -OCH3 is 1. The van der Waals surface area contributed by atoms with Crippen LogP contribution in [0.1, 0.15) is 17.8 Å². The van der Waals surface area contributed by atoms with Crippen molar-refractivity contribution in [2.45, 2.75) is 19.8 Å². The highest BCUT2D eigenvalue weighted by Gasteiger charge is 2.22. The molecular weight excluding hydrogens is 270 g/mol. The van der Waals surface area contributed by atoms with Crippen LogP contribution in [-0.4, -0.2) is 31.8 Å². The lowest BCUT2D eigenvalue weighted by Crippen LogP contribution is -2.37. The molecule has 1 fully saturated rings. The van der Waals surface area contributed by atoms with E-state index in [1.807, 2.05) is 6.92 Å². The number of thiazole rings is 1. The standard InChI is InChI=1S/C15H21N3OS/c1-10-17-13-7-14(12(16)6-15(13)20-10)18-5-3-4-11(8-18)9-19-2/h6-7,11H,3-5,8-9,16H2,1-2H3. The van der Waals surface area contributed by atoms with Crippen LogP contribution in [0.15, 0.2) is 12.1 Å². The zero-order valence-corrected chi connectivity index (χ0v) is 12.9. The van der Waals surface area contributed by atoms with Crippen molar-refractivity contribution in [1.29, 1.82) is 0 Å². The van der Waals surface area contributed by atoms with Gasteiger partial charge >= 0.3 is 0 Å². The predicted molar refractivity (Wildman–Crippen MR) is 85.6 cm³/mol. The Morgan fingerprint density at radius 1 is 1.50 bits per heavy atom. The average molecular weight is 291 g/mol. The van der Waals surface area contributed by atoms with Crippen molar-refractivity contribution in [3.8, 4) is 0 Å². The topological polar surface area (TPSA) is 51.4 Å². The molecule has 2 aromatic rings. The van der Waals surface area contributed by atoms with Gasteiger partial charge in [-0.15, -0.1) is 11.3 Å². The molecule has 1 aromatic carbocycles. The Hall–Kier alpha value is -1.33. The van der Waals surface area contributed by atoms with Gasteiger partial charge < -0.3 is 15.4 Å². The van der Waals surface area contributed by atoms with E-state index in [1.165, 1.54) is 17.5 Å². The van der Waals surface area contributed by atoms with Crippen molar-refractivity contribution in [3.63, 3.8) is 0 Å². The lowest BCUT2D eigenvalue weighted by molar-refractivity contribution is 0.143. The van der Waals surface area contributed by atoms with Crippen molar-refractivity contribution < 1.29 is 4.74 Å². The van der Waals surface area contributed by atoms with E-state index in [-0.39, 0.29) is 0 Å². The molecule has 0 spiro atoms. The molecule has 5 heteroatoms. The van der Waals surface area contributed by atoms with E-state index >= 15 is 0 Å². The van der Waals surface area contributed by atoms with Gasteiger partial charge in [-0.05, 0) is 37.8 Å². The van der Waals surface area contributed by atoms with E-state index in [2.05, 4.69) is 22.0 Å². The molecule has 0 aliphatic carbocycles. The molecule has 2 N–H and O–H groups in total. The molecular formula is C15H21N3OS. The fraction of sp³-hybridized carbons (Fsp3) is 0.533. The normalized spacial score (nSPS) is 19.7. The molecule has 1 saturated heterocycles. The van der Waals surface area contributed by atoms with Crippen LogP contribution in [0.5, 0.6) is 0 Å². The van der Waals surface area contributed by atoms with Crippen LogP contribution in [0, 0.1) is 12.8 Å². The third-order valence-electron chi connectivity index (χ3n) is 3.91. The Morgan fingerprint density at radius 2 is 2.35 bits per heavy atom. The fourth-order valence-electron chi connectivity index (χ4n) is 3.02. The highest BCUT2D eigenvalue weighted by atomic mass is 32.1. The number of aryl methyl sites for hydroxylation is 1. The van der Waals surface area contributed by atoms with Gasteiger partial charge in [0.15, 0.2) is 0 Å². The number of anilines is 2. The number of hydrogen-bond acceptors (Lipinski definition) is 5. The molecule has 0 amide bonds. The lowest BCUT2D eigenvalue weighted by Gasteiger charge is -2.34. The number of hydrogen-bond donors (Lipinski definition) is 1. The minimum atomic E-state index is 0.598. The van der Waals surface area contributed by atoms with Crippen LogP contribution in [0.25, 0.3) is 10.2 Å². The minimum Gasteiger partial charge on any atom is -0.397 e. The van der Waals surface area contributed by atoms with Crippen LogP contribution in [0.3, 0.4) is 0 Å². The summed E-state index contributed by atoms with van der Waals surface area (Å²) in [6, 6.07) is 4.21. The van der Waals surface area contributed by atoms with Gasteiger partial charge in [0.1, 0.15) is 0 Å². The average Bonchev–Trinajstić information content (AvgIpc) is 2.77. The van der Waals surface area contributed by atoms with Crippen molar-refractivity contribution in [2.24, 2.45) is 5.92 Å². The molecule has 3 rings (SSSR count). The quantitative estimate of drug-likeness (QED) is 0.883. The zero-order chi connectivity index (χ0) is 14.1. The second-order valence-corrected chi connectivity index (χ2v) is 6.76. The Balaban J connectivity index is 1.90. The molecule has 20 heavy (non-hydrogen) atoms. The van der Waals surface area contributed by atoms with Crippen molar-refractivity contribution in [3.05, 3.63) is 17.1 Å². The Kier molecular flexibility index (Phi) is 3.81. The fourth-order valence-corrected chi connectivity index (χ4v) is 3.88. The number of aromatic nitrogens is 1. The molecule has 0 saturated carbocycles. The van der Waals surface area contributed by atoms with Gasteiger partial charge in [0.05, 0.1) is 33.2 Å². The van der Waals surface area contributed by atoms with E-state index < -0.39 is 0 Å². The summed E-state index contributed by atoms with van der Waals surface area (Å²) < 4.78 is 6.48. The molecule has 1 atom stereocenters. The van der Waals surface area contributed by atoms with Gasteiger partial charge in [0, 0.05) is 20.2 Å². The summed E-state index contributed by atoms with van der Waals surface area (Å²) in [5.74, 6) is 0.598. The summed E-state index contributed by atoms with van der Waals surface area (Å²) in [7, 11) is 1.78. The molecule has 0 radical (unpaired) electrons. The molecule has 1 aromatic heterocycles. The monoisotopic (exact) mass is 291 g/mol. The first-order valence-electron chi connectivity index (χ1n) is 7.08. The Labute approximate surface area is 123 Å². The Morgan fingerprint density at radius 3 is 3.15 bits per heavy atom. The summed E-state index contributed by atoms with van der Waals surface area (Å²) in [6.45, 7) is 4.95. The highest BCUT2D eigenvalue weighted by molar-refractivity contribution is 7.18. The maximum Gasteiger partial charge on any atom is 0.0907 e. The van der Waals surface area contributed by atoms with E-state index in [0.29, 0.717) is 5.92 Å². The van der Waals surface area contributed by atoms with Crippen LogP contribution in [-0.2, 0) is 4.74 Å². The number of rotatable bonds is 3. The van der Waals surface area contributed by atoms with Gasteiger partial charge in [-0.25, -0.2) is 4.98 Å². The van der Waals surface area contributed by atoms with Crippen molar-refractivity contribution in [2.75, 3.05) is 37.4 Å². The number of nitrogen functional groups attached to an aromatic ring is 1. The summed E-state index contributed by atoms with van der Waals surface area (Å²) >= 11 is 1.70. The maximum atomic E-state index is 6.25. The van der Waals surface area contributed by atoms with Gasteiger partial charge in [-0.3, -0.25) is 0 Å². The summed E-state index contributed by atoms with van der Waals surface area (Å²) in [5.41, 5.74) is 9.30. The van der Waals surface area contributed by atoms with Crippen LogP contribution in [0.4, 0.5) is 11.4 Å². The number of piperidine rings is 1. The van der Waals surface area contributed by atoms with Crippen molar-refractivity contribution in [1.82, 2.24) is 4.98 Å². The van der Waals surface area contributed by atoms with E-state index in [4.69, 9.17) is 10.5 Å². The number of ether oxygens (including phenoxy) is 1. The smallest absolute Gasteiger partial charge is 0.0907 e. The number of nitrogens with two attached hydrogens (primary N) is 1. The molecule has 1 aliphatic heterocycles. The number of nitrogens with zero attached hydrogens (tertiary/aromatic N) is 2. The van der Waals surface area contributed by atoms with Gasteiger partial charge in [0.2, 0.25) is 0 Å². The summed E-state index contributed by atoms with van der Waals surface area (Å²) in [4.78, 5) is 6.96. The van der Waals surface area contributed by atoms with Crippen LogP contribution < -0.4 is 10.6 Å². The number of benzene rings is 1. The zero-order valence-electron chi connectivity index (χ0n) is 12.1. The predicted octanol–water partition coefficient (Wildman–Crippen LogP) is 3.05. The van der Waals surface area contributed by atoms with Gasteiger partial charge in [0.25, 0.3) is 0 Å². The summed E-state index contributed by atoms with van der Waals surface area (Å²) in [6.07, 6.45) is 2.43. The summed E-state index contributed by atoms with van der Waals surface area (Å²) in [5, 5.41) is 1.09. The third kappa shape index (κ3) is 2.60. The second kappa shape index (κ2) is 5.58. The van der Waals surface area contributed by atoms with Gasteiger partial charge in [-0.2, -0.15) is 0 Å². The van der Waals surface area contributed by atoms with Crippen LogP contribution in [0.2, 0.25) is 0 Å². The van der Waals surface area contributed by atoms with Gasteiger partial charge in [-0.1, -0.05) is 0 Å². The Bertz CT molecular complexity index is 608. The maximum absolute atomic E-state index is 6.25. The first-order chi connectivity index (χ1) is 9.67. The SMILES string of the molecule is COCC1CCCN(c2cc3nc(C)sc3cc2N)C1. The second-order valence-electron chi connectivity index (χ2n) is 5.52. The van der Waals surface area contributed by atoms with E-state index in [0.717, 1.165) is 41.6 Å².